The molecule has 0 saturated carbocycles. The van der Waals surface area contributed by atoms with E-state index in [1.165, 1.54) is 6.07 Å². The van der Waals surface area contributed by atoms with E-state index in [4.69, 9.17) is 5.73 Å². The summed E-state index contributed by atoms with van der Waals surface area (Å²) in [6.07, 6.45) is -0.707. The minimum absolute atomic E-state index is 0.00496. The highest BCUT2D eigenvalue weighted by Gasteiger charge is 2.19. The second kappa shape index (κ2) is 5.69. The summed E-state index contributed by atoms with van der Waals surface area (Å²) >= 11 is 0. The Morgan fingerprint density at radius 3 is 2.56 bits per heavy atom. The topological polar surface area (TPSA) is 92.4 Å². The molecule has 0 aliphatic carbocycles. The van der Waals surface area contributed by atoms with Gasteiger partial charge in [0.05, 0.1) is 11.0 Å². The van der Waals surface area contributed by atoms with Crippen molar-refractivity contribution in [2.75, 3.05) is 12.3 Å². The monoisotopic (exact) mass is 272 g/mol. The molecule has 0 fully saturated rings. The van der Waals surface area contributed by atoms with Crippen molar-refractivity contribution in [2.45, 2.75) is 31.8 Å². The van der Waals surface area contributed by atoms with E-state index in [0.717, 1.165) is 0 Å². The Kier molecular flexibility index (Phi) is 4.72. The van der Waals surface area contributed by atoms with Crippen LogP contribution in [0.1, 0.15) is 19.4 Å². The number of rotatable bonds is 5. The first-order valence-corrected chi connectivity index (χ1v) is 7.27. The molecule has 102 valence electrons. The second-order valence-corrected chi connectivity index (χ2v) is 6.37. The van der Waals surface area contributed by atoms with Gasteiger partial charge < -0.3 is 10.8 Å². The molecule has 1 unspecified atom stereocenters. The summed E-state index contributed by atoms with van der Waals surface area (Å²) in [7, 11) is -3.63. The maximum Gasteiger partial charge on any atom is 0.240 e. The Bertz CT molecular complexity index is 512. The maximum atomic E-state index is 12.1. The molecular formula is C12H20N2O3S. The third-order valence-corrected chi connectivity index (χ3v) is 4.44. The molecule has 4 N–H and O–H groups in total. The van der Waals surface area contributed by atoms with E-state index >= 15 is 0 Å². The highest BCUT2D eigenvalue weighted by Crippen LogP contribution is 2.20. The van der Waals surface area contributed by atoms with E-state index in [-0.39, 0.29) is 17.4 Å². The summed E-state index contributed by atoms with van der Waals surface area (Å²) in [4.78, 5) is 0.151. The summed E-state index contributed by atoms with van der Waals surface area (Å²) in [6, 6.07) is 4.74. The van der Waals surface area contributed by atoms with Gasteiger partial charge in [0.2, 0.25) is 10.0 Å². The number of benzene rings is 1. The van der Waals surface area contributed by atoms with E-state index in [1.54, 1.807) is 19.1 Å². The molecule has 1 aromatic rings. The lowest BCUT2D eigenvalue weighted by Gasteiger charge is -2.16. The molecule has 6 heteroatoms. The van der Waals surface area contributed by atoms with Gasteiger partial charge in [-0.3, -0.25) is 0 Å². The van der Waals surface area contributed by atoms with Gasteiger partial charge in [-0.15, -0.1) is 0 Å². The van der Waals surface area contributed by atoms with E-state index in [2.05, 4.69) is 4.72 Å². The van der Waals surface area contributed by atoms with E-state index in [9.17, 15) is 13.5 Å². The number of nitrogens with one attached hydrogen (secondary N) is 1. The Morgan fingerprint density at radius 1 is 1.39 bits per heavy atom. The number of nitrogen functional groups attached to an aromatic ring is 1. The third-order valence-electron chi connectivity index (χ3n) is 2.87. The molecule has 0 amide bonds. The van der Waals surface area contributed by atoms with Crippen LogP contribution in [0.2, 0.25) is 0 Å². The molecule has 18 heavy (non-hydrogen) atoms. The van der Waals surface area contributed by atoms with E-state index < -0.39 is 16.1 Å². The fourth-order valence-electron chi connectivity index (χ4n) is 1.43. The number of hydrogen-bond acceptors (Lipinski definition) is 4. The largest absolute Gasteiger partial charge is 0.398 e. The van der Waals surface area contributed by atoms with Crippen LogP contribution in [-0.2, 0) is 10.0 Å². The molecule has 0 spiro atoms. The minimum atomic E-state index is -3.63. The molecule has 0 aliphatic heterocycles. The molecule has 0 bridgehead atoms. The third kappa shape index (κ3) is 3.44. The first-order chi connectivity index (χ1) is 8.25. The molecule has 0 radical (unpaired) electrons. The lowest BCUT2D eigenvalue weighted by atomic mass is 10.1. The van der Waals surface area contributed by atoms with Gasteiger partial charge in [0.1, 0.15) is 0 Å². The zero-order chi connectivity index (χ0) is 13.9. The summed E-state index contributed by atoms with van der Waals surface area (Å²) in [5, 5.41) is 9.61. The van der Waals surface area contributed by atoms with Gasteiger partial charge in [-0.05, 0) is 30.5 Å². The minimum Gasteiger partial charge on any atom is -0.398 e. The summed E-state index contributed by atoms with van der Waals surface area (Å²) in [5.41, 5.74) is 6.63. The predicted molar refractivity (Wildman–Crippen MR) is 71.6 cm³/mol. The number of sulfonamides is 1. The highest BCUT2D eigenvalue weighted by molar-refractivity contribution is 7.89. The van der Waals surface area contributed by atoms with E-state index in [0.29, 0.717) is 11.3 Å². The van der Waals surface area contributed by atoms with Crippen LogP contribution < -0.4 is 10.5 Å². The van der Waals surface area contributed by atoms with Crippen molar-refractivity contribution in [1.82, 2.24) is 4.72 Å². The van der Waals surface area contributed by atoms with Crippen molar-refractivity contribution >= 4 is 15.7 Å². The molecule has 1 atom stereocenters. The average Bonchev–Trinajstić information content (AvgIpc) is 2.29. The quantitative estimate of drug-likeness (QED) is 0.694. The normalized spacial score (nSPS) is 13.8. The standard InChI is InChI=1S/C12H20N2O3S/c1-8(2)11(15)7-14-18(16,17)12-6-4-5-10(13)9(12)3/h4-6,8,11,14-15H,7,13H2,1-3H3. The summed E-state index contributed by atoms with van der Waals surface area (Å²) in [5.74, 6) is -0.00496. The SMILES string of the molecule is Cc1c(N)cccc1S(=O)(=O)NCC(O)C(C)C. The zero-order valence-corrected chi connectivity index (χ0v) is 11.7. The van der Waals surface area contributed by atoms with Crippen molar-refractivity contribution in [3.8, 4) is 0 Å². The van der Waals surface area contributed by atoms with Gasteiger partial charge in [-0.2, -0.15) is 0 Å². The number of nitrogens with two attached hydrogens (primary N) is 1. The molecule has 0 aliphatic rings. The number of aliphatic hydroxyl groups excluding tert-OH is 1. The molecule has 0 saturated heterocycles. The van der Waals surface area contributed by atoms with Crippen molar-refractivity contribution in [3.63, 3.8) is 0 Å². The fourth-order valence-corrected chi connectivity index (χ4v) is 2.76. The van der Waals surface area contributed by atoms with Gasteiger partial charge in [-0.1, -0.05) is 19.9 Å². The van der Waals surface area contributed by atoms with Crippen LogP contribution in [0.25, 0.3) is 0 Å². The van der Waals surface area contributed by atoms with Crippen LogP contribution in [0, 0.1) is 12.8 Å². The molecule has 5 nitrogen and oxygen atoms in total. The molecule has 0 heterocycles. The Hall–Kier alpha value is -1.11. The molecule has 1 rings (SSSR count). The number of hydrogen-bond donors (Lipinski definition) is 3. The van der Waals surface area contributed by atoms with Crippen molar-refractivity contribution in [2.24, 2.45) is 5.92 Å². The second-order valence-electron chi connectivity index (χ2n) is 4.63. The van der Waals surface area contributed by atoms with Crippen molar-refractivity contribution in [1.29, 1.82) is 0 Å². The smallest absolute Gasteiger partial charge is 0.240 e. The zero-order valence-electron chi connectivity index (χ0n) is 10.8. The van der Waals surface area contributed by atoms with Crippen LogP contribution in [0.5, 0.6) is 0 Å². The molecular weight excluding hydrogens is 252 g/mol. The van der Waals surface area contributed by atoms with Gasteiger partial charge in [0, 0.05) is 12.2 Å². The van der Waals surface area contributed by atoms with Crippen molar-refractivity contribution in [3.05, 3.63) is 23.8 Å². The molecule has 1 aromatic carbocycles. The predicted octanol–water partition coefficient (Wildman–Crippen LogP) is 0.872. The lowest BCUT2D eigenvalue weighted by molar-refractivity contribution is 0.129. The number of anilines is 1. The first-order valence-electron chi connectivity index (χ1n) is 5.78. The molecule has 0 aromatic heterocycles. The average molecular weight is 272 g/mol. The maximum absolute atomic E-state index is 12.1. The van der Waals surface area contributed by atoms with E-state index in [1.807, 2.05) is 13.8 Å². The van der Waals surface area contributed by atoms with Crippen LogP contribution in [0.4, 0.5) is 5.69 Å². The van der Waals surface area contributed by atoms with Crippen molar-refractivity contribution < 1.29 is 13.5 Å². The highest BCUT2D eigenvalue weighted by atomic mass is 32.2. The first kappa shape index (κ1) is 14.9. The van der Waals surface area contributed by atoms with Crippen LogP contribution in [0.3, 0.4) is 0 Å². The van der Waals surface area contributed by atoms with Gasteiger partial charge >= 0.3 is 0 Å². The Labute approximate surface area is 108 Å². The van der Waals surface area contributed by atoms with Gasteiger partial charge in [0.15, 0.2) is 0 Å². The Morgan fingerprint density at radius 2 is 2.00 bits per heavy atom. The van der Waals surface area contributed by atoms with Crippen LogP contribution in [0.15, 0.2) is 23.1 Å². The summed E-state index contributed by atoms with van der Waals surface area (Å²) < 4.78 is 26.5. The summed E-state index contributed by atoms with van der Waals surface area (Å²) in [6.45, 7) is 5.30. The van der Waals surface area contributed by atoms with Gasteiger partial charge in [-0.25, -0.2) is 13.1 Å². The van der Waals surface area contributed by atoms with Gasteiger partial charge in [0.25, 0.3) is 0 Å². The fraction of sp³-hybridized carbons (Fsp3) is 0.500. The van der Waals surface area contributed by atoms with Crippen LogP contribution >= 0.6 is 0 Å². The van der Waals surface area contributed by atoms with Crippen LogP contribution in [-0.4, -0.2) is 26.2 Å². The number of aliphatic hydroxyl groups is 1. The Balaban J connectivity index is 2.91. The lowest BCUT2D eigenvalue weighted by Crippen LogP contribution is -2.35.